The number of carbonyl (C=O) groups is 6. The number of aromatic nitrogens is 2. The Kier molecular flexibility index (Phi) is 13.3. The molecule has 3 aliphatic rings. The molecule has 14 nitrogen and oxygen atoms in total. The van der Waals surface area contributed by atoms with Crippen LogP contribution in [0.2, 0.25) is 0 Å². The molecule has 6 unspecified atom stereocenters. The molecule has 0 radical (unpaired) electrons. The van der Waals surface area contributed by atoms with Crippen molar-refractivity contribution in [2.24, 2.45) is 0 Å². The Bertz CT molecular complexity index is 3180. The number of nitrogens with one attached hydrogen (secondary N) is 6. The van der Waals surface area contributed by atoms with Crippen molar-refractivity contribution in [2.45, 2.75) is 87.9 Å². The molecule has 0 aliphatic carbocycles. The van der Waals surface area contributed by atoms with Gasteiger partial charge in [0.2, 0.25) is 35.4 Å². The van der Waals surface area contributed by atoms with E-state index in [0.717, 1.165) is 66.3 Å². The fraction of sp³-hybridized carbons (Fsp3) is 0.233. The van der Waals surface area contributed by atoms with Gasteiger partial charge in [-0.2, -0.15) is 0 Å². The summed E-state index contributed by atoms with van der Waals surface area (Å²) in [5.41, 5.74) is 8.16. The van der Waals surface area contributed by atoms with Gasteiger partial charge in [-0.1, -0.05) is 146 Å². The van der Waals surface area contributed by atoms with E-state index in [2.05, 4.69) is 31.2 Å². The molecule has 6 N–H and O–H groups in total. The lowest BCUT2D eigenvalue weighted by Gasteiger charge is -2.40. The Morgan fingerprint density at radius 2 is 0.716 bits per heavy atom. The van der Waals surface area contributed by atoms with Gasteiger partial charge in [0.05, 0.1) is 0 Å². The van der Waals surface area contributed by atoms with E-state index in [1.165, 1.54) is 9.80 Å². The summed E-state index contributed by atoms with van der Waals surface area (Å²) in [5, 5.41) is 14.0. The largest absolute Gasteiger partial charge is 0.361 e. The van der Waals surface area contributed by atoms with E-state index in [9.17, 15) is 0 Å². The molecule has 0 bridgehead atoms. The summed E-state index contributed by atoms with van der Waals surface area (Å²) in [6.45, 7) is 0.0977. The molecule has 74 heavy (non-hydrogen) atoms. The minimum absolute atomic E-state index is 0.0472. The highest BCUT2D eigenvalue weighted by molar-refractivity contribution is 6.00. The summed E-state index contributed by atoms with van der Waals surface area (Å²) < 4.78 is 0. The summed E-state index contributed by atoms with van der Waals surface area (Å²) in [7, 11) is 0. The van der Waals surface area contributed by atoms with Gasteiger partial charge >= 0.3 is 0 Å². The zero-order valence-electron chi connectivity index (χ0n) is 40.6. The zero-order chi connectivity index (χ0) is 50.7. The van der Waals surface area contributed by atoms with Crippen LogP contribution in [0.3, 0.4) is 0 Å². The number of para-hydroxylation sites is 2. The molecule has 11 rings (SSSR count). The molecule has 0 spiro atoms. The van der Waals surface area contributed by atoms with Crippen LogP contribution < -0.4 is 21.3 Å². The van der Waals surface area contributed by atoms with Crippen LogP contribution in [0.1, 0.15) is 44.5 Å². The van der Waals surface area contributed by atoms with Crippen LogP contribution in [0.5, 0.6) is 0 Å². The van der Waals surface area contributed by atoms with E-state index in [1.54, 1.807) is 0 Å². The smallest absolute Gasteiger partial charge is 0.246 e. The van der Waals surface area contributed by atoms with Gasteiger partial charge in [-0.25, -0.2) is 0 Å². The first-order valence-electron chi connectivity index (χ1n) is 25.3. The van der Waals surface area contributed by atoms with E-state index in [0.29, 0.717) is 0 Å². The lowest BCUT2D eigenvalue weighted by atomic mass is 9.91. The number of amides is 6. The van der Waals surface area contributed by atoms with E-state index >= 15 is 28.8 Å². The van der Waals surface area contributed by atoms with Gasteiger partial charge in [-0.05, 0) is 56.6 Å². The lowest BCUT2D eigenvalue weighted by molar-refractivity contribution is -0.147. The van der Waals surface area contributed by atoms with Gasteiger partial charge in [0.15, 0.2) is 0 Å². The molecule has 1 fully saturated rings. The Morgan fingerprint density at radius 1 is 0.365 bits per heavy atom. The number of rotatable bonds is 8. The Morgan fingerprint density at radius 3 is 1.14 bits per heavy atom. The molecule has 0 saturated carbocycles. The van der Waals surface area contributed by atoms with Gasteiger partial charge in [0.25, 0.3) is 0 Å². The summed E-state index contributed by atoms with van der Waals surface area (Å²) in [6, 6.07) is 42.1. The van der Waals surface area contributed by atoms with Crippen molar-refractivity contribution in [1.29, 1.82) is 0 Å². The predicted octanol–water partition coefficient (Wildman–Crippen LogP) is 5.78. The minimum Gasteiger partial charge on any atom is -0.361 e. The Balaban J connectivity index is 1.04. The molecule has 6 amide bonds. The van der Waals surface area contributed by atoms with E-state index in [1.807, 2.05) is 170 Å². The van der Waals surface area contributed by atoms with Crippen LogP contribution in [0.25, 0.3) is 21.8 Å². The second-order valence-electron chi connectivity index (χ2n) is 19.7. The van der Waals surface area contributed by atoms with Crippen molar-refractivity contribution in [3.8, 4) is 0 Å². The van der Waals surface area contributed by atoms with Gasteiger partial charge in [0, 0.05) is 85.8 Å². The second kappa shape index (κ2) is 20.7. The van der Waals surface area contributed by atoms with Crippen molar-refractivity contribution in [3.63, 3.8) is 0 Å². The molecule has 6 aromatic carbocycles. The number of nitrogens with zero attached hydrogens (tertiary/aromatic N) is 2. The monoisotopic (exact) mass is 984 g/mol. The molecular weight excluding hydrogens is 929 g/mol. The van der Waals surface area contributed by atoms with E-state index in [-0.39, 0.29) is 51.6 Å². The van der Waals surface area contributed by atoms with Gasteiger partial charge in [-0.3, -0.25) is 28.8 Å². The topological polar surface area (TPSA) is 189 Å². The molecule has 6 atom stereocenters. The highest BCUT2D eigenvalue weighted by Gasteiger charge is 2.43. The van der Waals surface area contributed by atoms with E-state index < -0.39 is 71.7 Å². The number of benzene rings is 6. The molecule has 372 valence electrons. The summed E-state index contributed by atoms with van der Waals surface area (Å²) in [6.07, 6.45) is 4.12. The summed E-state index contributed by atoms with van der Waals surface area (Å²) >= 11 is 0. The maximum Gasteiger partial charge on any atom is 0.246 e. The fourth-order valence-corrected chi connectivity index (χ4v) is 11.0. The highest BCUT2D eigenvalue weighted by atomic mass is 16.2. The summed E-state index contributed by atoms with van der Waals surface area (Å²) in [5.74, 6) is -3.37. The van der Waals surface area contributed by atoms with Crippen LogP contribution in [-0.2, 0) is 80.4 Å². The molecule has 2 aromatic heterocycles. The highest BCUT2D eigenvalue weighted by Crippen LogP contribution is 2.29. The maximum atomic E-state index is 15.6. The minimum atomic E-state index is -1.22. The predicted molar refractivity (Wildman–Crippen MR) is 281 cm³/mol. The van der Waals surface area contributed by atoms with Crippen LogP contribution in [-0.4, -0.2) is 91.5 Å². The first kappa shape index (κ1) is 47.5. The van der Waals surface area contributed by atoms with Crippen molar-refractivity contribution in [2.75, 3.05) is 0 Å². The zero-order valence-corrected chi connectivity index (χ0v) is 40.6. The molecule has 14 heteroatoms. The molecular formula is C60H56N8O6. The van der Waals surface area contributed by atoms with E-state index in [4.69, 9.17) is 0 Å². The van der Waals surface area contributed by atoms with Gasteiger partial charge < -0.3 is 41.0 Å². The third-order valence-electron chi connectivity index (χ3n) is 14.9. The molecule has 5 heterocycles. The summed E-state index contributed by atoms with van der Waals surface area (Å²) in [4.78, 5) is 102. The standard InChI is InChI=1S/C60H56N8O6/c69-55-49(27-37-15-3-1-4-16-37)63-57(71)53-31-39-19-7-9-21-41(39)35-67(53)60(74)52(30-44-34-62-48-26-14-12-24-46(44)48)66-56(70)50(28-38-17-5-2-6-18-38)64-58(72)54-32-40-20-8-10-22-42(40)36-68(54)59(73)51(65-55)29-43-33-61-47-25-13-11-23-45(43)47/h1-26,33-34,49-54,61-62H,27-32,35-36H2,(H,63,71)(H,64,72)(H,65,69)(H,66,70). The number of aromatic amines is 2. The Hall–Kier alpha value is -8.78. The van der Waals surface area contributed by atoms with Crippen molar-refractivity contribution < 1.29 is 28.8 Å². The average Bonchev–Trinajstić information content (AvgIpc) is 4.05. The molecule has 8 aromatic rings. The van der Waals surface area contributed by atoms with Crippen molar-refractivity contribution in [3.05, 3.63) is 215 Å². The number of hydrogen-bond acceptors (Lipinski definition) is 6. The third kappa shape index (κ3) is 9.90. The molecule has 1 saturated heterocycles. The second-order valence-corrected chi connectivity index (χ2v) is 19.7. The van der Waals surface area contributed by atoms with Crippen LogP contribution in [0, 0.1) is 0 Å². The number of hydrogen-bond donors (Lipinski definition) is 6. The number of fused-ring (bicyclic) bond motifs is 6. The van der Waals surface area contributed by atoms with Crippen LogP contribution in [0.4, 0.5) is 0 Å². The Labute approximate surface area is 427 Å². The quantitative estimate of drug-likeness (QED) is 0.112. The number of H-pyrrole nitrogens is 2. The normalized spacial score (nSPS) is 21.8. The molecule has 3 aliphatic heterocycles. The van der Waals surface area contributed by atoms with Crippen molar-refractivity contribution in [1.82, 2.24) is 41.0 Å². The fourth-order valence-electron chi connectivity index (χ4n) is 11.0. The maximum absolute atomic E-state index is 15.6. The van der Waals surface area contributed by atoms with Crippen molar-refractivity contribution >= 4 is 57.2 Å². The SMILES string of the molecule is O=C1NC(Cc2c[nH]c3ccccc23)C(=O)N2Cc3ccccc3CC2C(=O)NC(Cc2ccccc2)C(=O)NC(Cc2c[nH]c3ccccc23)C(=O)N2Cc3ccccc3CC2C(=O)NC1Cc1ccccc1. The lowest BCUT2D eigenvalue weighted by Crippen LogP contribution is -2.64. The number of carbonyl (C=O) groups excluding carboxylic acids is 6. The first-order valence-corrected chi connectivity index (χ1v) is 25.3. The third-order valence-corrected chi connectivity index (χ3v) is 14.9. The van der Waals surface area contributed by atoms with Gasteiger partial charge in [0.1, 0.15) is 36.3 Å². The van der Waals surface area contributed by atoms with Crippen LogP contribution in [0.15, 0.2) is 170 Å². The average molecular weight is 985 g/mol. The first-order chi connectivity index (χ1) is 36.1. The van der Waals surface area contributed by atoms with Gasteiger partial charge in [-0.15, -0.1) is 0 Å². The van der Waals surface area contributed by atoms with Crippen LogP contribution >= 0.6 is 0 Å².